The van der Waals surface area contributed by atoms with Crippen LogP contribution in [0.2, 0.25) is 0 Å². The first-order valence-corrected chi connectivity index (χ1v) is 10.4. The average molecular weight is 444 g/mol. The van der Waals surface area contributed by atoms with Crippen molar-refractivity contribution in [1.29, 1.82) is 0 Å². The molecule has 1 aliphatic heterocycles. The van der Waals surface area contributed by atoms with Gasteiger partial charge in [0.2, 0.25) is 5.91 Å². The molecule has 31 heavy (non-hydrogen) atoms. The molecule has 0 aromatic heterocycles. The zero-order valence-corrected chi connectivity index (χ0v) is 17.9. The summed E-state index contributed by atoms with van der Waals surface area (Å²) in [5.74, 6) is -1.57. The van der Waals surface area contributed by atoms with Crippen molar-refractivity contribution in [2.45, 2.75) is 58.4 Å². The molecule has 1 heterocycles. The van der Waals surface area contributed by atoms with Gasteiger partial charge in [-0.15, -0.1) is 0 Å². The molecule has 1 aliphatic carbocycles. The Labute approximate surface area is 178 Å². The number of amides is 1. The number of carbonyl (C=O) groups is 2. The van der Waals surface area contributed by atoms with Crippen molar-refractivity contribution in [2.75, 3.05) is 13.1 Å². The Morgan fingerprint density at radius 3 is 2.58 bits per heavy atom. The van der Waals surface area contributed by atoms with Gasteiger partial charge < -0.3 is 15.4 Å². The summed E-state index contributed by atoms with van der Waals surface area (Å²) in [4.78, 5) is 25.3. The molecule has 2 fully saturated rings. The summed E-state index contributed by atoms with van der Waals surface area (Å²) in [5.41, 5.74) is -2.36. The molecule has 0 radical (unpaired) electrons. The van der Waals surface area contributed by atoms with E-state index in [9.17, 15) is 27.2 Å². The van der Waals surface area contributed by atoms with Gasteiger partial charge in [-0.3, -0.25) is 9.59 Å². The van der Waals surface area contributed by atoms with Crippen LogP contribution >= 0.6 is 0 Å². The Balaban J connectivity index is 1.65. The van der Waals surface area contributed by atoms with Crippen LogP contribution in [0.5, 0.6) is 0 Å². The normalized spacial score (nSPS) is 25.9. The maximum atomic E-state index is 13.6. The fraction of sp³-hybridized carbons (Fsp3) is 0.636. The third kappa shape index (κ3) is 5.56. The van der Waals surface area contributed by atoms with Crippen molar-refractivity contribution in [1.82, 2.24) is 10.6 Å². The van der Waals surface area contributed by atoms with E-state index in [1.165, 1.54) is 0 Å². The third-order valence-corrected chi connectivity index (χ3v) is 5.95. The highest BCUT2D eigenvalue weighted by molar-refractivity contribution is 5.84. The van der Waals surface area contributed by atoms with Crippen molar-refractivity contribution in [3.8, 4) is 0 Å². The zero-order valence-electron chi connectivity index (χ0n) is 17.9. The average Bonchev–Trinajstić information content (AvgIpc) is 3.14. The highest BCUT2D eigenvalue weighted by atomic mass is 19.4. The van der Waals surface area contributed by atoms with Gasteiger partial charge in [-0.1, -0.05) is 0 Å². The predicted molar refractivity (Wildman–Crippen MR) is 105 cm³/mol. The number of ether oxygens (including phenoxy) is 1. The van der Waals surface area contributed by atoms with Crippen LogP contribution in [-0.2, 0) is 27.0 Å². The minimum absolute atomic E-state index is 0.00120. The van der Waals surface area contributed by atoms with Crippen LogP contribution in [0.4, 0.5) is 17.6 Å². The summed E-state index contributed by atoms with van der Waals surface area (Å²) in [7, 11) is 0. The molecule has 1 amide bonds. The number of benzene rings is 1. The van der Waals surface area contributed by atoms with E-state index in [0.717, 1.165) is 12.1 Å². The maximum Gasteiger partial charge on any atom is 0.416 e. The molecule has 1 aromatic rings. The van der Waals surface area contributed by atoms with Gasteiger partial charge in [0.1, 0.15) is 11.4 Å². The minimum Gasteiger partial charge on any atom is -0.460 e. The molecule has 3 atom stereocenters. The highest BCUT2D eigenvalue weighted by Crippen LogP contribution is 2.50. The first-order chi connectivity index (χ1) is 14.3. The predicted octanol–water partition coefficient (Wildman–Crippen LogP) is 3.81. The van der Waals surface area contributed by atoms with Crippen LogP contribution in [-0.4, -0.2) is 30.6 Å². The lowest BCUT2D eigenvalue weighted by Crippen LogP contribution is -2.44. The Morgan fingerprint density at radius 2 is 1.94 bits per heavy atom. The number of esters is 1. The number of alkyl halides is 3. The largest absolute Gasteiger partial charge is 0.460 e. The van der Waals surface area contributed by atoms with E-state index in [4.69, 9.17) is 4.74 Å². The fourth-order valence-corrected chi connectivity index (χ4v) is 4.77. The van der Waals surface area contributed by atoms with E-state index in [-0.39, 0.29) is 42.2 Å². The molecule has 5 nitrogen and oxygen atoms in total. The van der Waals surface area contributed by atoms with Crippen molar-refractivity contribution in [3.05, 3.63) is 35.1 Å². The molecule has 1 aromatic carbocycles. The lowest BCUT2D eigenvalue weighted by molar-refractivity contribution is -0.156. The van der Waals surface area contributed by atoms with Crippen molar-refractivity contribution < 1.29 is 31.9 Å². The first-order valence-electron chi connectivity index (χ1n) is 10.4. The van der Waals surface area contributed by atoms with Gasteiger partial charge in [0.25, 0.3) is 0 Å². The zero-order chi connectivity index (χ0) is 23.0. The Hall–Kier alpha value is -2.16. The van der Waals surface area contributed by atoms with E-state index in [0.29, 0.717) is 32.0 Å². The number of halogens is 4. The first kappa shape index (κ1) is 23.5. The second kappa shape index (κ2) is 8.41. The lowest BCUT2D eigenvalue weighted by atomic mass is 9.79. The topological polar surface area (TPSA) is 67.4 Å². The lowest BCUT2D eigenvalue weighted by Gasteiger charge is -2.27. The fourth-order valence-electron chi connectivity index (χ4n) is 4.77. The van der Waals surface area contributed by atoms with Gasteiger partial charge >= 0.3 is 12.1 Å². The van der Waals surface area contributed by atoms with Crippen LogP contribution in [0.3, 0.4) is 0 Å². The van der Waals surface area contributed by atoms with Crippen LogP contribution in [0.25, 0.3) is 0 Å². The van der Waals surface area contributed by atoms with Gasteiger partial charge in [-0.25, -0.2) is 4.39 Å². The number of fused-ring (bicyclic) bond motifs is 1. The van der Waals surface area contributed by atoms with Gasteiger partial charge in [-0.05, 0) is 75.8 Å². The molecule has 0 bridgehead atoms. The van der Waals surface area contributed by atoms with E-state index in [1.807, 2.05) is 0 Å². The summed E-state index contributed by atoms with van der Waals surface area (Å²) < 4.78 is 57.8. The van der Waals surface area contributed by atoms with Gasteiger partial charge in [0.15, 0.2) is 0 Å². The summed E-state index contributed by atoms with van der Waals surface area (Å²) in [6.45, 7) is 6.25. The Bertz CT molecular complexity index is 850. The monoisotopic (exact) mass is 444 g/mol. The van der Waals surface area contributed by atoms with E-state index in [2.05, 4.69) is 10.6 Å². The summed E-state index contributed by atoms with van der Waals surface area (Å²) in [6.07, 6.45) is -3.26. The molecule has 172 valence electrons. The second-order valence-corrected chi connectivity index (χ2v) is 9.61. The van der Waals surface area contributed by atoms with Crippen LogP contribution < -0.4 is 10.6 Å². The maximum absolute atomic E-state index is 13.6. The summed E-state index contributed by atoms with van der Waals surface area (Å²) in [6, 6.07) is 2.25. The Morgan fingerprint density at radius 1 is 1.23 bits per heavy atom. The van der Waals surface area contributed by atoms with E-state index < -0.39 is 28.6 Å². The van der Waals surface area contributed by atoms with Crippen molar-refractivity contribution in [3.63, 3.8) is 0 Å². The highest BCUT2D eigenvalue weighted by Gasteiger charge is 2.55. The van der Waals surface area contributed by atoms with Gasteiger partial charge in [0.05, 0.1) is 11.0 Å². The number of carbonyl (C=O) groups excluding carboxylic acids is 2. The van der Waals surface area contributed by atoms with Crippen LogP contribution in [0.1, 0.15) is 51.2 Å². The van der Waals surface area contributed by atoms with E-state index in [1.54, 1.807) is 20.8 Å². The van der Waals surface area contributed by atoms with Crippen LogP contribution in [0, 0.1) is 23.1 Å². The van der Waals surface area contributed by atoms with E-state index >= 15 is 0 Å². The van der Waals surface area contributed by atoms with Crippen LogP contribution in [0.15, 0.2) is 18.2 Å². The summed E-state index contributed by atoms with van der Waals surface area (Å²) >= 11 is 0. The van der Waals surface area contributed by atoms with Gasteiger partial charge in [0, 0.05) is 19.5 Å². The number of hydrogen-bond acceptors (Lipinski definition) is 4. The molecule has 0 spiro atoms. The smallest absolute Gasteiger partial charge is 0.416 e. The SMILES string of the molecule is CC(C)(C)OC(=O)C[C@@H]1C[C@H]2CNC[C@@]2(C(=O)NCc2cc(F)cc(C(F)(F)F)c2)C1. The second-order valence-electron chi connectivity index (χ2n) is 9.61. The van der Waals surface area contributed by atoms with Crippen molar-refractivity contribution >= 4 is 11.9 Å². The molecular weight excluding hydrogens is 416 g/mol. The number of rotatable bonds is 5. The molecule has 1 saturated heterocycles. The molecule has 9 heteroatoms. The molecule has 1 saturated carbocycles. The molecule has 2 N–H and O–H groups in total. The quantitative estimate of drug-likeness (QED) is 0.536. The number of nitrogens with one attached hydrogen (secondary N) is 2. The summed E-state index contributed by atoms with van der Waals surface area (Å²) in [5, 5.41) is 5.90. The third-order valence-electron chi connectivity index (χ3n) is 5.95. The standard InChI is InChI=1S/C22H28F4N2O3/c1-20(2,3)31-18(29)7-13-4-16-11-27-12-21(16,9-13)19(30)28-10-14-5-15(22(24,25)26)8-17(23)6-14/h5-6,8,13,16,27H,4,7,9-12H2,1-3H3,(H,28,30)/t13-,16-,21-/m0/s1. The molecular formula is C22H28F4N2O3. The number of hydrogen-bond donors (Lipinski definition) is 2. The molecule has 3 rings (SSSR count). The minimum atomic E-state index is -4.67. The Kier molecular flexibility index (Phi) is 6.37. The van der Waals surface area contributed by atoms with Gasteiger partial charge in [-0.2, -0.15) is 13.2 Å². The van der Waals surface area contributed by atoms with Crippen molar-refractivity contribution in [2.24, 2.45) is 17.3 Å². The molecule has 2 aliphatic rings. The molecule has 0 unspecified atom stereocenters.